The van der Waals surface area contributed by atoms with Crippen LogP contribution in [0.5, 0.6) is 0 Å². The summed E-state index contributed by atoms with van der Waals surface area (Å²) in [6, 6.07) is 0. The first kappa shape index (κ1) is 47.1. The number of carbonyl (C=O) groups excluding carboxylic acids is 4. The monoisotopic (exact) mass is 874 g/mol. The van der Waals surface area contributed by atoms with Crippen molar-refractivity contribution in [3.8, 4) is 0 Å². The van der Waals surface area contributed by atoms with Gasteiger partial charge in [0, 0.05) is 30.7 Å². The third-order valence-electron chi connectivity index (χ3n) is 7.38. The fraction of sp³-hybridized carbons (Fsp3) is 0.577. The number of nitrogens with one attached hydrogen (secondary N) is 2. The number of amides is 2. The summed E-state index contributed by atoms with van der Waals surface area (Å²) >= 11 is 0.737. The number of anilines is 1. The lowest BCUT2D eigenvalue weighted by Gasteiger charge is -2.36. The number of rotatable bonds is 21. The lowest BCUT2D eigenvalue weighted by Crippen LogP contribution is -2.46. The van der Waals surface area contributed by atoms with Gasteiger partial charge in [0.15, 0.2) is 17.7 Å². The standard InChI is InChI=1S/C26H40N7O19P3S/c1-13(25(39)40)8-16(35)56-7-6-28-15(34)4-5-29-23(38)20(37)26(2,3)10-49-55(46,47)52-54(44,45)48-9-14-19(51-53(41,42)43)18(36)24(50-14)33-12-32-17-21(27)30-11-31-22(17)33/h8,11-12,14,18-20,24,36-37H,4-7,9-10H2,1-3H3,(H,28,34)(H,29,38)(H,39,40)(H,44,45)(H,46,47)(H2,27,30,31)(H2,41,42,43)/p-5/b13-8+/t14-,18-,19-,20+,24-/m1/s1. The van der Waals surface area contributed by atoms with Crippen LogP contribution in [0.25, 0.3) is 11.2 Å². The van der Waals surface area contributed by atoms with Gasteiger partial charge < -0.3 is 78.9 Å². The second-order valence-electron chi connectivity index (χ2n) is 12.3. The highest BCUT2D eigenvalue weighted by Crippen LogP contribution is 2.56. The number of carboxylic acid groups (broad SMARTS) is 1. The molecule has 0 saturated carbocycles. The van der Waals surface area contributed by atoms with E-state index in [1.807, 2.05) is 0 Å². The number of thioether (sulfide) groups is 1. The zero-order chi connectivity index (χ0) is 42.2. The van der Waals surface area contributed by atoms with E-state index >= 15 is 0 Å². The van der Waals surface area contributed by atoms with E-state index in [0.29, 0.717) is 0 Å². The minimum absolute atomic E-state index is 0.0162. The number of hydrogen-bond donors (Lipinski definition) is 5. The highest BCUT2D eigenvalue weighted by molar-refractivity contribution is 8.14. The minimum Gasteiger partial charge on any atom is -0.790 e. The van der Waals surface area contributed by atoms with E-state index in [2.05, 4.69) is 43.5 Å². The molecule has 2 aromatic heterocycles. The van der Waals surface area contributed by atoms with Gasteiger partial charge in [-0.1, -0.05) is 25.6 Å². The Bertz CT molecular complexity index is 1940. The number of fused-ring (bicyclic) bond motifs is 1. The first-order chi connectivity index (χ1) is 25.8. The van der Waals surface area contributed by atoms with Crippen LogP contribution in [0.3, 0.4) is 0 Å². The maximum atomic E-state index is 12.5. The van der Waals surface area contributed by atoms with E-state index in [1.165, 1.54) is 6.92 Å². The number of phosphoric acid groups is 3. The maximum Gasteiger partial charge on any atom is 0.274 e. The summed E-state index contributed by atoms with van der Waals surface area (Å²) in [6.45, 7) is 0.898. The number of nitrogen functional groups attached to an aromatic ring is 1. The molecule has 2 amide bonds. The van der Waals surface area contributed by atoms with E-state index in [1.54, 1.807) is 0 Å². The summed E-state index contributed by atoms with van der Waals surface area (Å²) < 4.78 is 60.3. The number of nitrogens with zero attached hydrogens (tertiary/aromatic N) is 4. The van der Waals surface area contributed by atoms with Gasteiger partial charge in [0.05, 0.1) is 33.3 Å². The van der Waals surface area contributed by atoms with Gasteiger partial charge in [-0.15, -0.1) is 0 Å². The Morgan fingerprint density at radius 1 is 1.09 bits per heavy atom. The highest BCUT2D eigenvalue weighted by Gasteiger charge is 2.47. The molecule has 0 bridgehead atoms. The van der Waals surface area contributed by atoms with Crippen molar-refractivity contribution < 1.29 is 90.4 Å². The van der Waals surface area contributed by atoms with Crippen LogP contribution in [0.15, 0.2) is 24.3 Å². The molecule has 3 rings (SSSR count). The van der Waals surface area contributed by atoms with E-state index in [0.717, 1.165) is 48.9 Å². The van der Waals surface area contributed by atoms with Crippen molar-refractivity contribution in [3.63, 3.8) is 0 Å². The van der Waals surface area contributed by atoms with Gasteiger partial charge in [0.25, 0.3) is 15.6 Å². The van der Waals surface area contributed by atoms with Gasteiger partial charge in [0.2, 0.25) is 16.9 Å². The second kappa shape index (κ2) is 19.5. The fourth-order valence-electron chi connectivity index (χ4n) is 4.54. The van der Waals surface area contributed by atoms with Gasteiger partial charge in [-0.25, -0.2) is 19.3 Å². The van der Waals surface area contributed by atoms with Crippen molar-refractivity contribution in [1.82, 2.24) is 30.2 Å². The predicted octanol–water partition coefficient (Wildman–Crippen LogP) is -5.17. The molecule has 0 aromatic carbocycles. The first-order valence-electron chi connectivity index (χ1n) is 15.7. The van der Waals surface area contributed by atoms with Crippen molar-refractivity contribution in [3.05, 3.63) is 24.3 Å². The van der Waals surface area contributed by atoms with Crippen molar-refractivity contribution in [2.24, 2.45) is 5.41 Å². The van der Waals surface area contributed by atoms with E-state index in [-0.39, 0.29) is 47.8 Å². The zero-order valence-corrected chi connectivity index (χ0v) is 32.8. The molecule has 30 heteroatoms. The zero-order valence-electron chi connectivity index (χ0n) is 29.3. The number of aromatic nitrogens is 4. The number of imidazole rings is 1. The quantitative estimate of drug-likeness (QED) is 0.0445. The summed E-state index contributed by atoms with van der Waals surface area (Å²) in [7, 11) is -17.7. The molecule has 56 heavy (non-hydrogen) atoms. The van der Waals surface area contributed by atoms with Crippen LogP contribution in [0.1, 0.15) is 33.4 Å². The third-order valence-corrected chi connectivity index (χ3v) is 11.2. The molecule has 1 fully saturated rings. The SMILES string of the molecule is C/C(=C\C(=O)SCCNC(=O)CCNC(=O)[C@H](O)C(C)(C)COP(=O)([O-])OP(=O)([O-])OC[C@H]1O[C@@H](n2cnc3c(N)ncnc32)[C@H](O)[C@@H]1OP(=O)([O-])[O-])C(=O)[O-]. The van der Waals surface area contributed by atoms with Crippen molar-refractivity contribution in [1.29, 1.82) is 0 Å². The fourth-order valence-corrected chi connectivity index (χ4v) is 7.94. The van der Waals surface area contributed by atoms with E-state index < -0.39 is 95.6 Å². The molecule has 7 atom stereocenters. The molecule has 0 spiro atoms. The number of aliphatic hydroxyl groups is 2. The Morgan fingerprint density at radius 2 is 1.75 bits per heavy atom. The molecule has 2 unspecified atom stereocenters. The molecule has 314 valence electrons. The lowest BCUT2D eigenvalue weighted by molar-refractivity contribution is -0.347. The molecule has 1 aliphatic heterocycles. The number of hydrogen-bond acceptors (Lipinski definition) is 24. The second-order valence-corrected chi connectivity index (χ2v) is 17.4. The van der Waals surface area contributed by atoms with Gasteiger partial charge in [0.1, 0.15) is 36.3 Å². The van der Waals surface area contributed by atoms with Crippen LogP contribution in [0.4, 0.5) is 5.82 Å². The topological polar surface area (TPSA) is 415 Å². The van der Waals surface area contributed by atoms with Crippen LogP contribution in [-0.2, 0) is 55.5 Å². The van der Waals surface area contributed by atoms with Gasteiger partial charge >= 0.3 is 0 Å². The Labute approximate surface area is 320 Å². The molecular weight excluding hydrogens is 839 g/mol. The van der Waals surface area contributed by atoms with Crippen LogP contribution in [0.2, 0.25) is 0 Å². The average molecular weight is 875 g/mol. The largest absolute Gasteiger partial charge is 0.790 e. The summed E-state index contributed by atoms with van der Waals surface area (Å²) in [5, 5.41) is 36.0. The highest BCUT2D eigenvalue weighted by atomic mass is 32.2. The molecule has 1 aliphatic rings. The Hall–Kier alpha value is -3.23. The molecule has 0 aliphatic carbocycles. The Balaban J connectivity index is 1.49. The van der Waals surface area contributed by atoms with Crippen molar-refractivity contribution in [2.45, 2.75) is 57.8 Å². The first-order valence-corrected chi connectivity index (χ1v) is 21.1. The van der Waals surface area contributed by atoms with E-state index in [9.17, 15) is 67.8 Å². The molecule has 26 nitrogen and oxygen atoms in total. The molecule has 0 radical (unpaired) electrons. The average Bonchev–Trinajstić information content (AvgIpc) is 3.64. The molecule has 1 saturated heterocycles. The number of carboxylic acids is 1. The lowest BCUT2D eigenvalue weighted by atomic mass is 9.87. The molecule has 6 N–H and O–H groups in total. The number of aliphatic hydroxyl groups excluding tert-OH is 2. The number of aliphatic carboxylic acids is 1. The third kappa shape index (κ3) is 14.0. The van der Waals surface area contributed by atoms with E-state index in [4.69, 9.17) is 10.5 Å². The van der Waals surface area contributed by atoms with Crippen LogP contribution in [0, 0.1) is 5.41 Å². The number of carbonyl (C=O) groups is 4. The maximum absolute atomic E-state index is 12.5. The molecule has 2 aromatic rings. The number of phosphoric ester groups is 3. The summed E-state index contributed by atoms with van der Waals surface area (Å²) in [4.78, 5) is 106. The van der Waals surface area contributed by atoms with Crippen LogP contribution < -0.4 is 41.0 Å². The van der Waals surface area contributed by atoms with Crippen molar-refractivity contribution in [2.75, 3.05) is 37.8 Å². The normalized spacial score (nSPS) is 21.9. The summed E-state index contributed by atoms with van der Waals surface area (Å²) in [5.41, 5.74) is 3.72. The predicted molar refractivity (Wildman–Crippen MR) is 177 cm³/mol. The van der Waals surface area contributed by atoms with Crippen LogP contribution in [-0.4, -0.2) is 109 Å². The van der Waals surface area contributed by atoms with Crippen LogP contribution >= 0.6 is 35.2 Å². The van der Waals surface area contributed by atoms with Gasteiger partial charge in [-0.2, -0.15) is 0 Å². The number of ether oxygens (including phenoxy) is 1. The summed E-state index contributed by atoms with van der Waals surface area (Å²) in [5.74, 6) is -3.13. The number of nitrogens with two attached hydrogens (primary N) is 1. The van der Waals surface area contributed by atoms with Gasteiger partial charge in [-0.3, -0.25) is 28.1 Å². The summed E-state index contributed by atoms with van der Waals surface area (Å²) in [6.07, 6.45) is -6.94. The minimum atomic E-state index is -5.94. The molecule has 3 heterocycles. The van der Waals surface area contributed by atoms with Crippen molar-refractivity contribution >= 4 is 75.1 Å². The van der Waals surface area contributed by atoms with Gasteiger partial charge in [-0.05, 0) is 18.6 Å². The smallest absolute Gasteiger partial charge is 0.274 e. The Morgan fingerprint density at radius 3 is 2.39 bits per heavy atom. The molecular formula is C26H35N7O19P3S-5. The Kier molecular flexibility index (Phi) is 16.4.